The van der Waals surface area contributed by atoms with Crippen molar-refractivity contribution < 1.29 is 20.1 Å². The van der Waals surface area contributed by atoms with Gasteiger partial charge in [0.1, 0.15) is 0 Å². The van der Waals surface area contributed by atoms with Gasteiger partial charge in [-0.1, -0.05) is 128 Å². The summed E-state index contributed by atoms with van der Waals surface area (Å²) in [7, 11) is -1.23. The minimum atomic E-state index is -1.23. The number of pyridine rings is 1. The molecule has 0 bridgehead atoms. The van der Waals surface area contributed by atoms with Crippen molar-refractivity contribution in [3.8, 4) is 39.5 Å². The number of hydrogen-bond donors (Lipinski definition) is 0. The Labute approximate surface area is 357 Å². The van der Waals surface area contributed by atoms with Crippen LogP contribution < -0.4 is 5.19 Å². The molecule has 0 N–H and O–H groups in total. The van der Waals surface area contributed by atoms with Crippen molar-refractivity contribution >= 4 is 45.8 Å². The van der Waals surface area contributed by atoms with Gasteiger partial charge in [-0.25, -0.2) is 0 Å². The van der Waals surface area contributed by atoms with Gasteiger partial charge in [0, 0.05) is 37.4 Å². The van der Waals surface area contributed by atoms with Crippen molar-refractivity contribution in [2.75, 3.05) is 0 Å². The number of fused-ring (bicyclic) bond motifs is 2. The Bertz CT molecular complexity index is 2570. The quantitative estimate of drug-likeness (QED) is 0.118. The van der Waals surface area contributed by atoms with Gasteiger partial charge in [0.05, 0.1) is 29.9 Å². The molecule has 0 atom stereocenters. The zero-order chi connectivity index (χ0) is 39.8. The van der Waals surface area contributed by atoms with Crippen LogP contribution in [0.4, 0.5) is 0 Å². The Kier molecular flexibility index (Phi) is 12.7. The maximum Gasteiger partial charge on any atom is 0.0881 e. The van der Waals surface area contributed by atoms with Crippen LogP contribution in [0.1, 0.15) is 76.4 Å². The molecule has 57 heavy (non-hydrogen) atoms. The summed E-state index contributed by atoms with van der Waals surface area (Å²) in [6.45, 7) is 22.8. The van der Waals surface area contributed by atoms with E-state index in [4.69, 9.17) is 9.97 Å². The molecule has 0 saturated carbocycles. The van der Waals surface area contributed by atoms with E-state index >= 15 is 0 Å². The maximum absolute atomic E-state index is 5.27. The van der Waals surface area contributed by atoms with Crippen LogP contribution in [-0.2, 0) is 25.5 Å². The monoisotopic (exact) mass is 961 g/mol. The fraction of sp³-hybridized carbons (Fsp3) is 0.260. The third-order valence-corrected chi connectivity index (χ3v) is 13.7. The second-order valence-corrected chi connectivity index (χ2v) is 23.3. The summed E-state index contributed by atoms with van der Waals surface area (Å²) < 4.78 is 3.54. The third kappa shape index (κ3) is 8.98. The Balaban J connectivity index is 0.000000271. The summed E-state index contributed by atoms with van der Waals surface area (Å²) in [6, 6.07) is 47.1. The second kappa shape index (κ2) is 17.1. The first-order valence-electron chi connectivity index (χ1n) is 19.7. The molecule has 0 spiro atoms. The number of benzene rings is 5. The summed E-state index contributed by atoms with van der Waals surface area (Å²) in [5.74, 6) is 1.56. The third-order valence-electron chi connectivity index (χ3n) is 10.1. The van der Waals surface area contributed by atoms with E-state index in [0.717, 1.165) is 48.9 Å². The predicted octanol–water partition coefficient (Wildman–Crippen LogP) is 13.4. The van der Waals surface area contributed by atoms with Crippen LogP contribution >= 0.6 is 11.3 Å². The average molecular weight is 961 g/mol. The number of nitrogens with zero attached hydrogens (tertiary/aromatic N) is 4. The molecule has 3 heterocycles. The number of hydrogen-bond acceptors (Lipinski definition) is 4. The largest absolute Gasteiger partial charge is 0.333 e. The van der Waals surface area contributed by atoms with Crippen molar-refractivity contribution in [1.29, 1.82) is 0 Å². The summed E-state index contributed by atoms with van der Waals surface area (Å²) in [5.41, 5.74) is 12.5. The number of thiazole rings is 1. The predicted molar refractivity (Wildman–Crippen MR) is 242 cm³/mol. The van der Waals surface area contributed by atoms with Gasteiger partial charge < -0.3 is 9.55 Å². The van der Waals surface area contributed by atoms with E-state index in [1.54, 1.807) is 11.3 Å². The molecule has 1 radical (unpaired) electrons. The van der Waals surface area contributed by atoms with Gasteiger partial charge in [0.25, 0.3) is 0 Å². The second-order valence-electron chi connectivity index (χ2n) is 17.2. The first kappa shape index (κ1) is 42.1. The molecular weight excluding hydrogens is 909 g/mol. The molecule has 5 aromatic carbocycles. The molecule has 7 heteroatoms. The van der Waals surface area contributed by atoms with E-state index in [9.17, 15) is 0 Å². The molecule has 0 aliphatic heterocycles. The zero-order valence-corrected chi connectivity index (χ0v) is 38.9. The van der Waals surface area contributed by atoms with Crippen molar-refractivity contribution in [2.24, 2.45) is 0 Å². The molecule has 0 fully saturated rings. The number of aromatic nitrogens is 4. The van der Waals surface area contributed by atoms with Crippen molar-refractivity contribution in [3.05, 3.63) is 150 Å². The van der Waals surface area contributed by atoms with Gasteiger partial charge >= 0.3 is 0 Å². The van der Waals surface area contributed by atoms with E-state index in [-0.39, 0.29) is 25.5 Å². The Morgan fingerprint density at radius 1 is 0.684 bits per heavy atom. The molecule has 3 aromatic heterocycles. The van der Waals surface area contributed by atoms with Gasteiger partial charge in [-0.2, -0.15) is 11.3 Å². The average Bonchev–Trinajstić information content (AvgIpc) is 3.81. The van der Waals surface area contributed by atoms with E-state index in [1.165, 1.54) is 33.1 Å². The molecule has 0 saturated heterocycles. The first-order chi connectivity index (χ1) is 26.7. The summed E-state index contributed by atoms with van der Waals surface area (Å²) >= 11 is 1.76. The van der Waals surface area contributed by atoms with Crippen molar-refractivity contribution in [1.82, 2.24) is 19.5 Å². The minimum absolute atomic E-state index is 0. The molecule has 293 valence electrons. The molecule has 0 aliphatic carbocycles. The number of imidazole rings is 1. The molecular formula is C50H52IrN4SSi-2. The molecule has 8 aromatic rings. The van der Waals surface area contributed by atoms with Crippen LogP contribution in [0.2, 0.25) is 19.6 Å². The van der Waals surface area contributed by atoms with Crippen LogP contribution in [-0.4, -0.2) is 27.6 Å². The summed E-state index contributed by atoms with van der Waals surface area (Å²) in [5, 5.41) is 2.52. The fourth-order valence-corrected chi connectivity index (χ4v) is 9.11. The number of rotatable bonds is 7. The van der Waals surface area contributed by atoms with E-state index in [1.807, 2.05) is 36.5 Å². The molecule has 8 rings (SSSR count). The van der Waals surface area contributed by atoms with Gasteiger partial charge in [-0.15, -0.1) is 54.1 Å². The SMILES string of the molecule is CC(C)c1cc(-c2ccccc2)cc(C(C)C)c1-n1c(-c2[c-]ccc3nc(C(C)(C)C)sc23)nc2ccccc21.C[Si](C)(C)c1ccc(-c2[c-]cccc2)nc1.[Ir]. The minimum Gasteiger partial charge on any atom is -0.333 e. The normalized spacial score (nSPS) is 11.9. The molecule has 0 amide bonds. The standard InChI is InChI=1S/C36H36N3S.C14H16NSi.Ir/c1-22(2)27-20-25(24-14-9-8-10-15-24)21-28(23(3)4)32(27)39-31-19-12-11-17-29(31)37-34(39)26-16-13-18-30-33(26)40-35(38-30)36(5,6)7;1-16(2,3)13-9-10-14(15-11-13)12-7-5-4-6-8-12;/h8-15,17-23H,1-7H3;4-7,9-11H,1-3H3;/q2*-1;. The van der Waals surface area contributed by atoms with Crippen molar-refractivity contribution in [2.45, 2.75) is 85.4 Å². The molecule has 0 aliphatic rings. The Morgan fingerprint density at radius 2 is 1.35 bits per heavy atom. The Hall–Kier alpha value is -4.52. The number of para-hydroxylation sites is 2. The van der Waals surface area contributed by atoms with E-state index in [2.05, 4.69) is 175 Å². The van der Waals surface area contributed by atoms with Gasteiger partial charge in [0.2, 0.25) is 0 Å². The van der Waals surface area contributed by atoms with Crippen LogP contribution in [0, 0.1) is 12.1 Å². The topological polar surface area (TPSA) is 43.6 Å². The van der Waals surface area contributed by atoms with Gasteiger partial charge in [-0.3, -0.25) is 9.97 Å². The van der Waals surface area contributed by atoms with Crippen LogP contribution in [0.5, 0.6) is 0 Å². The Morgan fingerprint density at radius 3 is 1.95 bits per heavy atom. The smallest absolute Gasteiger partial charge is 0.0881 e. The van der Waals surface area contributed by atoms with E-state index < -0.39 is 8.07 Å². The van der Waals surface area contributed by atoms with Crippen LogP contribution in [0.15, 0.2) is 121 Å². The fourth-order valence-electron chi connectivity index (χ4n) is 6.97. The first-order valence-corrected chi connectivity index (χ1v) is 24.0. The zero-order valence-electron chi connectivity index (χ0n) is 34.7. The van der Waals surface area contributed by atoms with E-state index in [0.29, 0.717) is 11.8 Å². The van der Waals surface area contributed by atoms with Crippen LogP contribution in [0.3, 0.4) is 0 Å². The summed E-state index contributed by atoms with van der Waals surface area (Å²) in [4.78, 5) is 14.8. The van der Waals surface area contributed by atoms with Gasteiger partial charge in [-0.05, 0) is 79.5 Å². The summed E-state index contributed by atoms with van der Waals surface area (Å²) in [6.07, 6.45) is 2.02. The molecule has 0 unspecified atom stereocenters. The van der Waals surface area contributed by atoms with Gasteiger partial charge in [0.15, 0.2) is 0 Å². The van der Waals surface area contributed by atoms with Crippen LogP contribution in [0.25, 0.3) is 60.7 Å². The van der Waals surface area contributed by atoms with Crippen molar-refractivity contribution in [3.63, 3.8) is 0 Å². The maximum atomic E-state index is 5.27. The molecule has 4 nitrogen and oxygen atoms in total.